The van der Waals surface area contributed by atoms with Gasteiger partial charge in [0.25, 0.3) is 5.91 Å². The third-order valence-electron chi connectivity index (χ3n) is 3.44. The zero-order chi connectivity index (χ0) is 15.1. The van der Waals surface area contributed by atoms with E-state index in [-0.39, 0.29) is 11.8 Å². The molecule has 110 valence electrons. The summed E-state index contributed by atoms with van der Waals surface area (Å²) in [5.41, 5.74) is 6.85. The Morgan fingerprint density at radius 1 is 1.35 bits per heavy atom. The van der Waals surface area contributed by atoms with Gasteiger partial charge >= 0.3 is 5.97 Å². The molecular weight excluding hydrogens is 256 g/mol. The van der Waals surface area contributed by atoms with Gasteiger partial charge in [-0.2, -0.15) is 0 Å². The number of carboxylic acid groups (broad SMARTS) is 1. The SMILES string of the molecule is CC[C@H](C)[C@H](NC(=O)c1ccccc1CCN)C(=O)O. The molecule has 5 heteroatoms. The van der Waals surface area contributed by atoms with Crippen molar-refractivity contribution in [3.05, 3.63) is 35.4 Å². The predicted octanol–water partition coefficient (Wildman–Crippen LogP) is 1.42. The fourth-order valence-electron chi connectivity index (χ4n) is 2.02. The first kappa shape index (κ1) is 16.2. The summed E-state index contributed by atoms with van der Waals surface area (Å²) in [6.45, 7) is 4.15. The van der Waals surface area contributed by atoms with Crippen LogP contribution in [0.4, 0.5) is 0 Å². The molecule has 0 fully saturated rings. The van der Waals surface area contributed by atoms with Gasteiger partial charge in [-0.25, -0.2) is 4.79 Å². The van der Waals surface area contributed by atoms with Gasteiger partial charge < -0.3 is 16.2 Å². The standard InChI is InChI=1S/C15H22N2O3/c1-3-10(2)13(15(19)20)17-14(18)12-7-5-4-6-11(12)8-9-16/h4-7,10,13H,3,8-9,16H2,1-2H3,(H,17,18)(H,19,20)/t10-,13-/m0/s1. The maximum atomic E-state index is 12.3. The zero-order valence-electron chi connectivity index (χ0n) is 11.9. The second kappa shape index (κ2) is 7.65. The number of carbonyl (C=O) groups is 2. The van der Waals surface area contributed by atoms with Gasteiger partial charge in [0, 0.05) is 5.56 Å². The van der Waals surface area contributed by atoms with Crippen molar-refractivity contribution < 1.29 is 14.7 Å². The van der Waals surface area contributed by atoms with E-state index in [9.17, 15) is 14.7 Å². The van der Waals surface area contributed by atoms with Crippen molar-refractivity contribution in [3.63, 3.8) is 0 Å². The molecule has 20 heavy (non-hydrogen) atoms. The van der Waals surface area contributed by atoms with Crippen molar-refractivity contribution in [3.8, 4) is 0 Å². The molecule has 0 saturated heterocycles. The van der Waals surface area contributed by atoms with E-state index >= 15 is 0 Å². The van der Waals surface area contributed by atoms with E-state index in [2.05, 4.69) is 5.32 Å². The third-order valence-corrected chi connectivity index (χ3v) is 3.44. The van der Waals surface area contributed by atoms with E-state index in [1.807, 2.05) is 26.0 Å². The molecule has 0 aromatic heterocycles. The molecule has 0 heterocycles. The summed E-state index contributed by atoms with van der Waals surface area (Å²) < 4.78 is 0. The van der Waals surface area contributed by atoms with Gasteiger partial charge in [0.1, 0.15) is 6.04 Å². The molecule has 0 radical (unpaired) electrons. The quantitative estimate of drug-likeness (QED) is 0.703. The Morgan fingerprint density at radius 3 is 2.55 bits per heavy atom. The number of carboxylic acids is 1. The van der Waals surface area contributed by atoms with Crippen LogP contribution in [0.3, 0.4) is 0 Å². The zero-order valence-corrected chi connectivity index (χ0v) is 11.9. The Labute approximate surface area is 119 Å². The van der Waals surface area contributed by atoms with Gasteiger partial charge in [-0.05, 0) is 30.5 Å². The molecule has 5 nitrogen and oxygen atoms in total. The van der Waals surface area contributed by atoms with Crippen LogP contribution in [0.25, 0.3) is 0 Å². The predicted molar refractivity (Wildman–Crippen MR) is 77.5 cm³/mol. The van der Waals surface area contributed by atoms with Gasteiger partial charge in [-0.15, -0.1) is 0 Å². The number of hydrogen-bond acceptors (Lipinski definition) is 3. The van der Waals surface area contributed by atoms with Gasteiger partial charge in [-0.3, -0.25) is 4.79 Å². The first-order valence-corrected chi connectivity index (χ1v) is 6.82. The van der Waals surface area contributed by atoms with Crippen LogP contribution >= 0.6 is 0 Å². The fraction of sp³-hybridized carbons (Fsp3) is 0.467. The van der Waals surface area contributed by atoms with Crippen molar-refractivity contribution in [2.24, 2.45) is 11.7 Å². The van der Waals surface area contributed by atoms with Crippen molar-refractivity contribution in [2.45, 2.75) is 32.7 Å². The first-order valence-electron chi connectivity index (χ1n) is 6.82. The lowest BCUT2D eigenvalue weighted by Crippen LogP contribution is -2.45. The number of rotatable bonds is 7. The average Bonchev–Trinajstić information content (AvgIpc) is 2.44. The second-order valence-electron chi connectivity index (χ2n) is 4.87. The van der Waals surface area contributed by atoms with Crippen LogP contribution < -0.4 is 11.1 Å². The van der Waals surface area contributed by atoms with E-state index in [1.54, 1.807) is 12.1 Å². The summed E-state index contributed by atoms with van der Waals surface area (Å²) in [5, 5.41) is 11.8. The number of carbonyl (C=O) groups excluding carboxylic acids is 1. The van der Waals surface area contributed by atoms with E-state index in [1.165, 1.54) is 0 Å². The lowest BCUT2D eigenvalue weighted by atomic mass is 9.98. The monoisotopic (exact) mass is 278 g/mol. The lowest BCUT2D eigenvalue weighted by molar-refractivity contribution is -0.140. The molecular formula is C15H22N2O3. The minimum absolute atomic E-state index is 0.127. The molecule has 0 unspecified atom stereocenters. The van der Waals surface area contributed by atoms with Crippen molar-refractivity contribution in [1.29, 1.82) is 0 Å². The van der Waals surface area contributed by atoms with Crippen molar-refractivity contribution in [2.75, 3.05) is 6.54 Å². The molecule has 0 saturated carbocycles. The number of nitrogens with two attached hydrogens (primary N) is 1. The van der Waals surface area contributed by atoms with Crippen molar-refractivity contribution >= 4 is 11.9 Å². The van der Waals surface area contributed by atoms with E-state index in [0.717, 1.165) is 5.56 Å². The molecule has 2 atom stereocenters. The minimum Gasteiger partial charge on any atom is -0.480 e. The van der Waals surface area contributed by atoms with Crippen LogP contribution in [0, 0.1) is 5.92 Å². The van der Waals surface area contributed by atoms with E-state index in [0.29, 0.717) is 24.9 Å². The number of nitrogens with one attached hydrogen (secondary N) is 1. The average molecular weight is 278 g/mol. The van der Waals surface area contributed by atoms with E-state index in [4.69, 9.17) is 5.73 Å². The second-order valence-corrected chi connectivity index (χ2v) is 4.87. The van der Waals surface area contributed by atoms with Crippen LogP contribution in [0.1, 0.15) is 36.2 Å². The normalized spacial score (nSPS) is 13.6. The highest BCUT2D eigenvalue weighted by Gasteiger charge is 2.26. The molecule has 0 aliphatic rings. The van der Waals surface area contributed by atoms with Gasteiger partial charge in [0.15, 0.2) is 0 Å². The summed E-state index contributed by atoms with van der Waals surface area (Å²) >= 11 is 0. The molecule has 4 N–H and O–H groups in total. The number of hydrogen-bond donors (Lipinski definition) is 3. The summed E-state index contributed by atoms with van der Waals surface area (Å²) in [6, 6.07) is 6.24. The Hall–Kier alpha value is -1.88. The largest absolute Gasteiger partial charge is 0.480 e. The Morgan fingerprint density at radius 2 is 2.00 bits per heavy atom. The lowest BCUT2D eigenvalue weighted by Gasteiger charge is -2.20. The molecule has 0 aliphatic heterocycles. The molecule has 1 rings (SSSR count). The number of aliphatic carboxylic acids is 1. The number of amides is 1. The molecule has 1 aromatic rings. The highest BCUT2D eigenvalue weighted by molar-refractivity contribution is 5.97. The smallest absolute Gasteiger partial charge is 0.326 e. The van der Waals surface area contributed by atoms with Crippen LogP contribution in [-0.4, -0.2) is 29.6 Å². The minimum atomic E-state index is -1.01. The highest BCUT2D eigenvalue weighted by Crippen LogP contribution is 2.12. The van der Waals surface area contributed by atoms with Crippen LogP contribution in [0.5, 0.6) is 0 Å². The fourth-order valence-corrected chi connectivity index (χ4v) is 2.02. The van der Waals surface area contributed by atoms with Gasteiger partial charge in [0.2, 0.25) is 0 Å². The molecule has 0 aliphatic carbocycles. The maximum absolute atomic E-state index is 12.3. The van der Waals surface area contributed by atoms with Crippen LogP contribution in [0.2, 0.25) is 0 Å². The summed E-state index contributed by atoms with van der Waals surface area (Å²) in [5.74, 6) is -1.50. The van der Waals surface area contributed by atoms with E-state index < -0.39 is 12.0 Å². The molecule has 1 aromatic carbocycles. The maximum Gasteiger partial charge on any atom is 0.326 e. The third kappa shape index (κ3) is 4.06. The summed E-state index contributed by atoms with van der Waals surface area (Å²) in [6.07, 6.45) is 1.27. The molecule has 1 amide bonds. The van der Waals surface area contributed by atoms with Gasteiger partial charge in [0.05, 0.1) is 0 Å². The highest BCUT2D eigenvalue weighted by atomic mass is 16.4. The van der Waals surface area contributed by atoms with Crippen molar-refractivity contribution in [1.82, 2.24) is 5.32 Å². The Kier molecular flexibility index (Phi) is 6.18. The Bertz CT molecular complexity index is 474. The van der Waals surface area contributed by atoms with Gasteiger partial charge in [-0.1, -0.05) is 38.5 Å². The van der Waals surface area contributed by atoms with Crippen LogP contribution in [-0.2, 0) is 11.2 Å². The topological polar surface area (TPSA) is 92.4 Å². The van der Waals surface area contributed by atoms with Crippen LogP contribution in [0.15, 0.2) is 24.3 Å². The molecule has 0 bridgehead atoms. The first-order chi connectivity index (χ1) is 9.51. The molecule has 0 spiro atoms. The number of benzene rings is 1. The summed E-state index contributed by atoms with van der Waals surface area (Å²) in [7, 11) is 0. The Balaban J connectivity index is 2.92. The summed E-state index contributed by atoms with van der Waals surface area (Å²) in [4.78, 5) is 23.5.